The summed E-state index contributed by atoms with van der Waals surface area (Å²) in [6.45, 7) is 2.42. The van der Waals surface area contributed by atoms with E-state index in [1.54, 1.807) is 12.1 Å². The van der Waals surface area contributed by atoms with Crippen molar-refractivity contribution >= 4 is 6.21 Å². The fourth-order valence-corrected chi connectivity index (χ4v) is 0.955. The van der Waals surface area contributed by atoms with E-state index in [2.05, 4.69) is 5.16 Å². The van der Waals surface area contributed by atoms with Gasteiger partial charge in [0.2, 0.25) is 0 Å². The van der Waals surface area contributed by atoms with Crippen molar-refractivity contribution in [3.05, 3.63) is 23.8 Å². The summed E-state index contributed by atoms with van der Waals surface area (Å²) in [5.74, 6) is 0.691. The number of oxime groups is 1. The molecule has 4 heteroatoms. The van der Waals surface area contributed by atoms with Gasteiger partial charge in [-0.05, 0) is 25.1 Å². The number of hydrogen-bond acceptors (Lipinski definition) is 4. The van der Waals surface area contributed by atoms with Crippen LogP contribution in [0.2, 0.25) is 0 Å². The SMILES string of the molecule is CCOc1ccc(O)c(C=NO)c1. The van der Waals surface area contributed by atoms with Gasteiger partial charge in [0.25, 0.3) is 0 Å². The van der Waals surface area contributed by atoms with Crippen LogP contribution < -0.4 is 4.74 Å². The molecule has 0 spiro atoms. The maximum absolute atomic E-state index is 9.28. The average Bonchev–Trinajstić information content (AvgIpc) is 2.12. The summed E-state index contributed by atoms with van der Waals surface area (Å²) in [4.78, 5) is 0. The molecule has 0 radical (unpaired) electrons. The van der Waals surface area contributed by atoms with Crippen LogP contribution in [0.15, 0.2) is 23.4 Å². The second kappa shape index (κ2) is 4.35. The zero-order valence-electron chi connectivity index (χ0n) is 7.27. The maximum Gasteiger partial charge on any atom is 0.124 e. The molecule has 0 amide bonds. The molecule has 70 valence electrons. The van der Waals surface area contributed by atoms with Crippen molar-refractivity contribution in [3.8, 4) is 11.5 Å². The van der Waals surface area contributed by atoms with E-state index in [0.29, 0.717) is 17.9 Å². The highest BCUT2D eigenvalue weighted by molar-refractivity contribution is 5.83. The first-order chi connectivity index (χ1) is 6.27. The van der Waals surface area contributed by atoms with Crippen LogP contribution in [0.3, 0.4) is 0 Å². The number of aromatic hydroxyl groups is 1. The molecule has 1 aromatic carbocycles. The lowest BCUT2D eigenvalue weighted by atomic mass is 10.2. The summed E-state index contributed by atoms with van der Waals surface area (Å²) in [5.41, 5.74) is 0.424. The Morgan fingerprint density at radius 1 is 1.54 bits per heavy atom. The van der Waals surface area contributed by atoms with Crippen molar-refractivity contribution in [3.63, 3.8) is 0 Å². The van der Waals surface area contributed by atoms with E-state index < -0.39 is 0 Å². The molecule has 0 saturated heterocycles. The summed E-state index contributed by atoms with van der Waals surface area (Å²) >= 11 is 0. The van der Waals surface area contributed by atoms with Crippen LogP contribution in [0.25, 0.3) is 0 Å². The number of hydrogen-bond donors (Lipinski definition) is 2. The molecular formula is C9H11NO3. The van der Waals surface area contributed by atoms with Gasteiger partial charge < -0.3 is 15.1 Å². The number of nitrogens with zero attached hydrogens (tertiary/aromatic N) is 1. The number of rotatable bonds is 3. The number of phenols is 1. The van der Waals surface area contributed by atoms with E-state index in [-0.39, 0.29) is 5.75 Å². The molecule has 0 aliphatic carbocycles. The normalized spacial score (nSPS) is 10.5. The van der Waals surface area contributed by atoms with E-state index in [0.717, 1.165) is 6.21 Å². The second-order valence-electron chi connectivity index (χ2n) is 2.40. The topological polar surface area (TPSA) is 62.0 Å². The third-order valence-electron chi connectivity index (χ3n) is 1.51. The molecule has 1 rings (SSSR count). The van der Waals surface area contributed by atoms with Gasteiger partial charge in [-0.3, -0.25) is 0 Å². The van der Waals surface area contributed by atoms with E-state index in [9.17, 15) is 5.11 Å². The minimum atomic E-state index is 0.0567. The van der Waals surface area contributed by atoms with Crippen molar-refractivity contribution in [2.45, 2.75) is 6.92 Å². The van der Waals surface area contributed by atoms with Gasteiger partial charge in [0.15, 0.2) is 0 Å². The Morgan fingerprint density at radius 2 is 2.31 bits per heavy atom. The predicted octanol–water partition coefficient (Wildman–Crippen LogP) is 1.60. The van der Waals surface area contributed by atoms with Crippen LogP contribution in [-0.4, -0.2) is 23.1 Å². The lowest BCUT2D eigenvalue weighted by molar-refractivity contribution is 0.321. The van der Waals surface area contributed by atoms with Crippen LogP contribution in [-0.2, 0) is 0 Å². The lowest BCUT2D eigenvalue weighted by Gasteiger charge is -2.04. The third-order valence-corrected chi connectivity index (χ3v) is 1.51. The van der Waals surface area contributed by atoms with Gasteiger partial charge in [-0.2, -0.15) is 0 Å². The summed E-state index contributed by atoms with van der Waals surface area (Å²) in [6, 6.07) is 4.73. The molecule has 4 nitrogen and oxygen atoms in total. The second-order valence-corrected chi connectivity index (χ2v) is 2.40. The summed E-state index contributed by atoms with van der Waals surface area (Å²) in [6.07, 6.45) is 1.15. The Bertz CT molecular complexity index is 310. The predicted molar refractivity (Wildman–Crippen MR) is 48.7 cm³/mol. The molecule has 13 heavy (non-hydrogen) atoms. The smallest absolute Gasteiger partial charge is 0.124 e. The number of phenolic OH excluding ortho intramolecular Hbond substituents is 1. The Hall–Kier alpha value is -1.71. The molecule has 0 unspecified atom stereocenters. The van der Waals surface area contributed by atoms with Gasteiger partial charge in [0.05, 0.1) is 12.8 Å². The van der Waals surface area contributed by atoms with Gasteiger partial charge in [0, 0.05) is 5.56 Å². The van der Waals surface area contributed by atoms with Crippen LogP contribution in [0.1, 0.15) is 12.5 Å². The highest BCUT2D eigenvalue weighted by Crippen LogP contribution is 2.21. The lowest BCUT2D eigenvalue weighted by Crippen LogP contribution is -1.92. The Balaban J connectivity index is 2.96. The first-order valence-corrected chi connectivity index (χ1v) is 3.91. The fourth-order valence-electron chi connectivity index (χ4n) is 0.955. The molecule has 2 N–H and O–H groups in total. The minimum absolute atomic E-state index is 0.0567. The zero-order valence-corrected chi connectivity index (χ0v) is 7.27. The number of benzene rings is 1. The van der Waals surface area contributed by atoms with Crippen LogP contribution in [0.4, 0.5) is 0 Å². The van der Waals surface area contributed by atoms with Gasteiger partial charge >= 0.3 is 0 Å². The quantitative estimate of drug-likeness (QED) is 0.423. The van der Waals surface area contributed by atoms with Gasteiger partial charge in [-0.1, -0.05) is 5.16 Å². The van der Waals surface area contributed by atoms with Crippen molar-refractivity contribution < 1.29 is 15.1 Å². The van der Waals surface area contributed by atoms with Crippen LogP contribution >= 0.6 is 0 Å². The highest BCUT2D eigenvalue weighted by atomic mass is 16.5. The number of ether oxygens (including phenoxy) is 1. The van der Waals surface area contributed by atoms with E-state index in [1.807, 2.05) is 6.92 Å². The zero-order chi connectivity index (χ0) is 9.68. The molecule has 0 atom stereocenters. The van der Waals surface area contributed by atoms with E-state index in [1.165, 1.54) is 6.07 Å². The Morgan fingerprint density at radius 3 is 2.92 bits per heavy atom. The van der Waals surface area contributed by atoms with Crippen LogP contribution in [0.5, 0.6) is 11.5 Å². The minimum Gasteiger partial charge on any atom is -0.507 e. The van der Waals surface area contributed by atoms with Crippen molar-refractivity contribution in [1.82, 2.24) is 0 Å². The van der Waals surface area contributed by atoms with E-state index >= 15 is 0 Å². The van der Waals surface area contributed by atoms with Gasteiger partial charge in [-0.15, -0.1) is 0 Å². The fraction of sp³-hybridized carbons (Fsp3) is 0.222. The van der Waals surface area contributed by atoms with Gasteiger partial charge in [0.1, 0.15) is 11.5 Å². The van der Waals surface area contributed by atoms with Crippen molar-refractivity contribution in [2.24, 2.45) is 5.16 Å². The maximum atomic E-state index is 9.28. The molecule has 0 bridgehead atoms. The average molecular weight is 181 g/mol. The molecule has 0 aromatic heterocycles. The Labute approximate surface area is 76.1 Å². The Kier molecular flexibility index (Phi) is 3.14. The molecule has 0 aliphatic rings. The van der Waals surface area contributed by atoms with Gasteiger partial charge in [-0.25, -0.2) is 0 Å². The molecule has 1 aromatic rings. The summed E-state index contributed by atoms with van der Waals surface area (Å²) in [7, 11) is 0. The van der Waals surface area contributed by atoms with Crippen molar-refractivity contribution in [2.75, 3.05) is 6.61 Å². The molecule has 0 fully saturated rings. The molecule has 0 aliphatic heterocycles. The molecule has 0 saturated carbocycles. The molecule has 0 heterocycles. The first kappa shape index (κ1) is 9.38. The summed E-state index contributed by atoms with van der Waals surface area (Å²) in [5, 5.41) is 20.4. The van der Waals surface area contributed by atoms with Crippen molar-refractivity contribution in [1.29, 1.82) is 0 Å². The molecular weight excluding hydrogens is 170 g/mol. The third kappa shape index (κ3) is 2.37. The first-order valence-electron chi connectivity index (χ1n) is 3.91. The summed E-state index contributed by atoms with van der Waals surface area (Å²) < 4.78 is 5.19. The standard InChI is InChI=1S/C9H11NO3/c1-2-13-8-3-4-9(11)7(5-8)6-10-12/h3-6,11-12H,2H2,1H3. The van der Waals surface area contributed by atoms with E-state index in [4.69, 9.17) is 9.94 Å². The van der Waals surface area contributed by atoms with Crippen LogP contribution in [0, 0.1) is 0 Å². The largest absolute Gasteiger partial charge is 0.507 e. The monoisotopic (exact) mass is 181 g/mol. The highest BCUT2D eigenvalue weighted by Gasteiger charge is 2.00.